The number of carbonyl (C=O) groups is 1. The highest BCUT2D eigenvalue weighted by Gasteiger charge is 2.40. The highest BCUT2D eigenvalue weighted by Crippen LogP contribution is 2.29. The predicted molar refractivity (Wildman–Crippen MR) is 81.0 cm³/mol. The lowest BCUT2D eigenvalue weighted by atomic mass is 9.89. The molecule has 0 aliphatic carbocycles. The maximum Gasteiger partial charge on any atom is 0.248 e. The average Bonchev–Trinajstić information content (AvgIpc) is 2.99. The van der Waals surface area contributed by atoms with Crippen LogP contribution in [0.2, 0.25) is 0 Å². The first kappa shape index (κ1) is 14.6. The molecular formula is C16H25N3O2. The first-order chi connectivity index (χ1) is 10.2. The van der Waals surface area contributed by atoms with Gasteiger partial charge in [0.1, 0.15) is 6.61 Å². The van der Waals surface area contributed by atoms with Gasteiger partial charge in [-0.3, -0.25) is 4.79 Å². The number of likely N-dealkylation sites (tertiary alicyclic amines) is 1. The largest absolute Gasteiger partial charge is 0.363 e. The molecule has 2 aliphatic heterocycles. The summed E-state index contributed by atoms with van der Waals surface area (Å²) in [5, 5.41) is 0. The summed E-state index contributed by atoms with van der Waals surface area (Å²) in [6, 6.07) is 4.14. The van der Waals surface area contributed by atoms with Crippen molar-refractivity contribution < 1.29 is 9.53 Å². The number of hydrogen-bond acceptors (Lipinski definition) is 3. The second-order valence-electron chi connectivity index (χ2n) is 6.34. The first-order valence-electron chi connectivity index (χ1n) is 7.88. The molecule has 0 saturated carbocycles. The van der Waals surface area contributed by atoms with E-state index in [9.17, 15) is 4.79 Å². The van der Waals surface area contributed by atoms with Gasteiger partial charge in [-0.25, -0.2) is 0 Å². The highest BCUT2D eigenvalue weighted by molar-refractivity contribution is 5.78. The predicted octanol–water partition coefficient (Wildman–Crippen LogP) is 1.20. The summed E-state index contributed by atoms with van der Waals surface area (Å²) in [4.78, 5) is 15.9. The highest BCUT2D eigenvalue weighted by atomic mass is 16.5. The third-order valence-electron chi connectivity index (χ3n) is 4.78. The summed E-state index contributed by atoms with van der Waals surface area (Å²) in [6.07, 6.45) is 7.49. The van der Waals surface area contributed by atoms with Gasteiger partial charge in [0.05, 0.1) is 5.60 Å². The molecule has 2 aliphatic rings. The molecule has 3 heterocycles. The van der Waals surface area contributed by atoms with Gasteiger partial charge in [-0.15, -0.1) is 0 Å². The van der Waals surface area contributed by atoms with Crippen LogP contribution in [0, 0.1) is 0 Å². The Hall–Kier alpha value is -1.33. The number of hydrogen-bond donors (Lipinski definition) is 0. The topological polar surface area (TPSA) is 37.7 Å². The molecule has 116 valence electrons. The second kappa shape index (κ2) is 6.20. The Morgan fingerprint density at radius 1 is 1.19 bits per heavy atom. The minimum atomic E-state index is -0.0837. The summed E-state index contributed by atoms with van der Waals surface area (Å²) >= 11 is 0. The average molecular weight is 291 g/mol. The molecule has 21 heavy (non-hydrogen) atoms. The van der Waals surface area contributed by atoms with E-state index in [1.807, 2.05) is 11.9 Å². The molecule has 0 aromatic carbocycles. The number of morpholine rings is 1. The zero-order valence-corrected chi connectivity index (χ0v) is 12.8. The van der Waals surface area contributed by atoms with Gasteiger partial charge in [0.25, 0.3) is 0 Å². The monoisotopic (exact) mass is 291 g/mol. The van der Waals surface area contributed by atoms with Crippen LogP contribution >= 0.6 is 0 Å². The van der Waals surface area contributed by atoms with E-state index in [0.717, 1.165) is 45.6 Å². The molecule has 1 aromatic heterocycles. The summed E-state index contributed by atoms with van der Waals surface area (Å²) < 4.78 is 8.11. The van der Waals surface area contributed by atoms with Crippen LogP contribution in [-0.2, 0) is 16.1 Å². The smallest absolute Gasteiger partial charge is 0.248 e. The van der Waals surface area contributed by atoms with E-state index in [1.165, 1.54) is 6.42 Å². The third kappa shape index (κ3) is 3.47. The molecule has 2 fully saturated rings. The van der Waals surface area contributed by atoms with Gasteiger partial charge in [0, 0.05) is 45.6 Å². The zero-order chi connectivity index (χ0) is 14.7. The number of rotatable bonds is 4. The van der Waals surface area contributed by atoms with Gasteiger partial charge in [-0.05, 0) is 37.9 Å². The number of likely N-dealkylation sites (N-methyl/N-ethyl adjacent to an activating group) is 1. The Labute approximate surface area is 126 Å². The van der Waals surface area contributed by atoms with Crippen molar-refractivity contribution >= 4 is 5.91 Å². The summed E-state index contributed by atoms with van der Waals surface area (Å²) in [5.41, 5.74) is -0.0837. The van der Waals surface area contributed by atoms with E-state index in [0.29, 0.717) is 0 Å². The molecule has 0 unspecified atom stereocenters. The fraction of sp³-hybridized carbons (Fsp3) is 0.688. The molecule has 2 saturated heterocycles. The van der Waals surface area contributed by atoms with Crippen LogP contribution in [0.25, 0.3) is 0 Å². The van der Waals surface area contributed by atoms with E-state index in [4.69, 9.17) is 4.74 Å². The summed E-state index contributed by atoms with van der Waals surface area (Å²) in [7, 11) is 1.88. The maximum atomic E-state index is 11.5. The van der Waals surface area contributed by atoms with Gasteiger partial charge in [0.2, 0.25) is 5.91 Å². The Bertz CT molecular complexity index is 464. The molecular weight excluding hydrogens is 266 g/mol. The molecule has 1 aromatic rings. The van der Waals surface area contributed by atoms with Crippen LogP contribution in [0.1, 0.15) is 19.3 Å². The van der Waals surface area contributed by atoms with Crippen molar-refractivity contribution in [1.82, 2.24) is 14.4 Å². The quantitative estimate of drug-likeness (QED) is 0.836. The van der Waals surface area contributed by atoms with E-state index >= 15 is 0 Å². The molecule has 0 atom stereocenters. The van der Waals surface area contributed by atoms with Crippen molar-refractivity contribution in [3.05, 3.63) is 24.5 Å². The fourth-order valence-electron chi connectivity index (χ4n) is 3.37. The van der Waals surface area contributed by atoms with Crippen LogP contribution < -0.4 is 0 Å². The Balaban J connectivity index is 1.41. The zero-order valence-electron chi connectivity index (χ0n) is 12.8. The summed E-state index contributed by atoms with van der Waals surface area (Å²) in [5.74, 6) is 0.106. The molecule has 0 bridgehead atoms. The van der Waals surface area contributed by atoms with Crippen molar-refractivity contribution in [2.24, 2.45) is 0 Å². The third-order valence-corrected chi connectivity index (χ3v) is 4.78. The van der Waals surface area contributed by atoms with Gasteiger partial charge in [-0.1, -0.05) is 0 Å². The standard InChI is InChI=1S/C16H25N3O2/c1-17-14-16(21-13-15(17)20)5-11-19(12-6-16)10-4-9-18-7-2-3-8-18/h2-3,7-8H,4-6,9-14H2,1H3. The molecule has 5 nitrogen and oxygen atoms in total. The van der Waals surface area contributed by atoms with Crippen LogP contribution in [-0.4, -0.2) is 65.7 Å². The lowest BCUT2D eigenvalue weighted by Gasteiger charge is -2.46. The second-order valence-corrected chi connectivity index (χ2v) is 6.34. The number of piperidine rings is 1. The van der Waals surface area contributed by atoms with Gasteiger partial charge < -0.3 is 19.1 Å². The number of amides is 1. The Morgan fingerprint density at radius 2 is 1.90 bits per heavy atom. The van der Waals surface area contributed by atoms with Crippen LogP contribution in [0.15, 0.2) is 24.5 Å². The minimum Gasteiger partial charge on any atom is -0.363 e. The molecule has 1 amide bonds. The van der Waals surface area contributed by atoms with Crippen LogP contribution in [0.5, 0.6) is 0 Å². The maximum absolute atomic E-state index is 11.5. The Kier molecular flexibility index (Phi) is 4.31. The number of ether oxygens (including phenoxy) is 1. The van der Waals surface area contributed by atoms with Crippen molar-refractivity contribution in [1.29, 1.82) is 0 Å². The molecule has 0 N–H and O–H groups in total. The van der Waals surface area contributed by atoms with E-state index in [1.54, 1.807) is 0 Å². The molecule has 1 spiro atoms. The molecule has 3 rings (SSSR count). The normalized spacial score (nSPS) is 22.9. The minimum absolute atomic E-state index is 0.0837. The lowest BCUT2D eigenvalue weighted by molar-refractivity contribution is -0.168. The van der Waals surface area contributed by atoms with Gasteiger partial charge >= 0.3 is 0 Å². The number of aryl methyl sites for hydroxylation is 1. The lowest BCUT2D eigenvalue weighted by Crippen LogP contribution is -2.57. The molecule has 5 heteroatoms. The first-order valence-corrected chi connectivity index (χ1v) is 7.88. The SMILES string of the molecule is CN1CC2(CCN(CCCn3cccc3)CC2)OCC1=O. The van der Waals surface area contributed by atoms with E-state index in [2.05, 4.69) is 34.0 Å². The number of nitrogens with zero attached hydrogens (tertiary/aromatic N) is 3. The van der Waals surface area contributed by atoms with Crippen LogP contribution in [0.3, 0.4) is 0 Å². The molecule has 0 radical (unpaired) electrons. The van der Waals surface area contributed by atoms with E-state index < -0.39 is 0 Å². The Morgan fingerprint density at radius 3 is 2.57 bits per heavy atom. The van der Waals surface area contributed by atoms with Crippen LogP contribution in [0.4, 0.5) is 0 Å². The van der Waals surface area contributed by atoms with Crippen molar-refractivity contribution in [3.8, 4) is 0 Å². The van der Waals surface area contributed by atoms with Gasteiger partial charge in [-0.2, -0.15) is 0 Å². The summed E-state index contributed by atoms with van der Waals surface area (Å²) in [6.45, 7) is 5.39. The number of carbonyl (C=O) groups excluding carboxylic acids is 1. The number of aromatic nitrogens is 1. The van der Waals surface area contributed by atoms with Gasteiger partial charge in [0.15, 0.2) is 0 Å². The fourth-order valence-corrected chi connectivity index (χ4v) is 3.37. The van der Waals surface area contributed by atoms with E-state index in [-0.39, 0.29) is 18.1 Å². The van der Waals surface area contributed by atoms with Crippen molar-refractivity contribution in [3.63, 3.8) is 0 Å². The van der Waals surface area contributed by atoms with Crippen molar-refractivity contribution in [2.75, 3.05) is 39.8 Å². The van der Waals surface area contributed by atoms with Crippen molar-refractivity contribution in [2.45, 2.75) is 31.4 Å².